The summed E-state index contributed by atoms with van der Waals surface area (Å²) in [6.45, 7) is 8.21. The lowest BCUT2D eigenvalue weighted by Gasteiger charge is -2.42. The van der Waals surface area contributed by atoms with Crippen molar-refractivity contribution in [2.24, 2.45) is 5.92 Å². The second-order valence-electron chi connectivity index (χ2n) is 9.48. The van der Waals surface area contributed by atoms with Crippen LogP contribution in [0.1, 0.15) is 37.8 Å². The smallest absolute Gasteiger partial charge is 0.296 e. The molecular formula is C25H31N2O3+. The van der Waals surface area contributed by atoms with Crippen LogP contribution in [-0.2, 0) is 25.5 Å². The first kappa shape index (κ1) is 19.7. The minimum absolute atomic E-state index is 0.0791. The van der Waals surface area contributed by atoms with Gasteiger partial charge in [-0.2, -0.15) is 0 Å². The minimum atomic E-state index is -1.31. The Morgan fingerprint density at radius 3 is 2.50 bits per heavy atom. The Morgan fingerprint density at radius 1 is 1.07 bits per heavy atom. The van der Waals surface area contributed by atoms with Crippen molar-refractivity contribution in [3.63, 3.8) is 0 Å². The largest absolute Gasteiger partial charge is 0.337 e. The second-order valence-corrected chi connectivity index (χ2v) is 9.48. The minimum Gasteiger partial charge on any atom is -0.337 e. The van der Waals surface area contributed by atoms with Crippen LogP contribution in [0.2, 0.25) is 0 Å². The number of carbonyl (C=O) groups excluding carboxylic acids is 1. The molecule has 2 aromatic rings. The number of quaternary nitrogens is 1. The number of fused-ring (bicyclic) bond motifs is 2. The summed E-state index contributed by atoms with van der Waals surface area (Å²) in [7, 11) is 0. The molecule has 5 rings (SSSR count). The van der Waals surface area contributed by atoms with E-state index < -0.39 is 5.79 Å². The van der Waals surface area contributed by atoms with Gasteiger partial charge in [-0.1, -0.05) is 62.4 Å². The van der Waals surface area contributed by atoms with Crippen molar-refractivity contribution in [3.05, 3.63) is 65.7 Å². The van der Waals surface area contributed by atoms with Crippen LogP contribution in [-0.4, -0.2) is 38.9 Å². The first-order chi connectivity index (χ1) is 14.5. The molecule has 2 saturated heterocycles. The fourth-order valence-electron chi connectivity index (χ4n) is 5.20. The number of hydrogen-bond acceptors (Lipinski definition) is 3. The number of anilines is 1. The van der Waals surface area contributed by atoms with Gasteiger partial charge in [-0.3, -0.25) is 9.69 Å². The number of piperidine rings is 1. The Kier molecular flexibility index (Phi) is 4.92. The molecule has 1 spiro atoms. The quantitative estimate of drug-likeness (QED) is 0.850. The normalized spacial score (nSPS) is 33.7. The van der Waals surface area contributed by atoms with Gasteiger partial charge in [0.25, 0.3) is 11.7 Å². The number of benzene rings is 2. The molecule has 3 aliphatic heterocycles. The van der Waals surface area contributed by atoms with E-state index in [1.165, 1.54) is 23.3 Å². The SMILES string of the molecule is C[C@H]1CCC[NH+](CN2C(=O)C3(OCC(C)(c4ccccc4)CO3)c3ccccc32)C1. The summed E-state index contributed by atoms with van der Waals surface area (Å²) >= 11 is 0. The number of nitrogens with zero attached hydrogens (tertiary/aromatic N) is 1. The molecule has 158 valence electrons. The number of ether oxygens (including phenoxy) is 2. The average Bonchev–Trinajstić information content (AvgIpc) is 3.00. The lowest BCUT2D eigenvalue weighted by molar-refractivity contribution is -0.907. The van der Waals surface area contributed by atoms with Crippen molar-refractivity contribution < 1.29 is 19.2 Å². The summed E-state index contributed by atoms with van der Waals surface area (Å²) in [6, 6.07) is 18.2. The van der Waals surface area contributed by atoms with Gasteiger partial charge < -0.3 is 14.4 Å². The Labute approximate surface area is 178 Å². The third kappa shape index (κ3) is 3.16. The molecule has 5 nitrogen and oxygen atoms in total. The number of para-hydroxylation sites is 1. The third-order valence-corrected chi connectivity index (χ3v) is 6.98. The lowest BCUT2D eigenvalue weighted by Crippen LogP contribution is -3.15. The zero-order valence-electron chi connectivity index (χ0n) is 17.9. The molecule has 0 radical (unpaired) electrons. The lowest BCUT2D eigenvalue weighted by atomic mass is 9.83. The van der Waals surface area contributed by atoms with Gasteiger partial charge in [0.1, 0.15) is 0 Å². The van der Waals surface area contributed by atoms with Crippen LogP contribution in [0.4, 0.5) is 5.69 Å². The molecule has 2 aromatic carbocycles. The van der Waals surface area contributed by atoms with Crippen LogP contribution in [0.3, 0.4) is 0 Å². The molecular weight excluding hydrogens is 376 g/mol. The average molecular weight is 408 g/mol. The summed E-state index contributed by atoms with van der Waals surface area (Å²) in [5.74, 6) is -0.694. The van der Waals surface area contributed by atoms with E-state index in [1.54, 1.807) is 0 Å². The number of amides is 1. The molecule has 5 heteroatoms. The highest BCUT2D eigenvalue weighted by molar-refractivity contribution is 6.06. The maximum Gasteiger partial charge on any atom is 0.296 e. The van der Waals surface area contributed by atoms with Crippen LogP contribution in [0.25, 0.3) is 0 Å². The molecule has 3 heterocycles. The Balaban J connectivity index is 1.42. The fraction of sp³-hybridized carbons (Fsp3) is 0.480. The third-order valence-electron chi connectivity index (χ3n) is 6.98. The molecule has 30 heavy (non-hydrogen) atoms. The monoisotopic (exact) mass is 407 g/mol. The predicted molar refractivity (Wildman–Crippen MR) is 115 cm³/mol. The highest BCUT2D eigenvalue weighted by Gasteiger charge is 2.58. The van der Waals surface area contributed by atoms with E-state index in [9.17, 15) is 4.79 Å². The standard InChI is InChI=1S/C25H30N2O3/c1-19-9-8-14-26(15-19)18-27-22-13-7-6-12-21(22)25(23(27)28)29-16-24(2,17-30-25)20-10-4-3-5-11-20/h3-7,10-13,19H,8-9,14-18H2,1-2H3/p+1/t19-,24?,25?/m0/s1. The first-order valence-electron chi connectivity index (χ1n) is 11.1. The highest BCUT2D eigenvalue weighted by Crippen LogP contribution is 2.47. The van der Waals surface area contributed by atoms with Gasteiger partial charge in [-0.05, 0) is 24.5 Å². The number of carbonyl (C=O) groups is 1. The Bertz CT molecular complexity index is 921. The van der Waals surface area contributed by atoms with Crippen LogP contribution in [0, 0.1) is 5.92 Å². The summed E-state index contributed by atoms with van der Waals surface area (Å²) in [6.07, 6.45) is 2.50. The van der Waals surface area contributed by atoms with E-state index in [0.717, 1.165) is 24.3 Å². The van der Waals surface area contributed by atoms with Gasteiger partial charge >= 0.3 is 0 Å². The molecule has 1 amide bonds. The van der Waals surface area contributed by atoms with Crippen LogP contribution in [0.15, 0.2) is 54.6 Å². The summed E-state index contributed by atoms with van der Waals surface area (Å²) in [5, 5.41) is 0. The Morgan fingerprint density at radius 2 is 1.77 bits per heavy atom. The fourth-order valence-corrected chi connectivity index (χ4v) is 5.20. The van der Waals surface area contributed by atoms with Gasteiger partial charge in [-0.25, -0.2) is 0 Å². The topological polar surface area (TPSA) is 43.2 Å². The van der Waals surface area contributed by atoms with Gasteiger partial charge in [0.2, 0.25) is 0 Å². The summed E-state index contributed by atoms with van der Waals surface area (Å²) in [5.41, 5.74) is 2.66. The molecule has 0 aromatic heterocycles. The molecule has 1 unspecified atom stereocenters. The van der Waals surface area contributed by atoms with Crippen molar-refractivity contribution in [1.82, 2.24) is 0 Å². The zero-order valence-corrected chi connectivity index (χ0v) is 17.9. The predicted octanol–water partition coefficient (Wildman–Crippen LogP) is 2.46. The van der Waals surface area contributed by atoms with Crippen molar-refractivity contribution in [2.45, 2.75) is 37.9 Å². The van der Waals surface area contributed by atoms with Gasteiger partial charge in [0.05, 0.1) is 32.0 Å². The number of nitrogens with one attached hydrogen (secondary N) is 1. The van der Waals surface area contributed by atoms with Crippen molar-refractivity contribution in [2.75, 3.05) is 37.9 Å². The Hall–Kier alpha value is -2.21. The van der Waals surface area contributed by atoms with Gasteiger partial charge in [0, 0.05) is 16.9 Å². The molecule has 3 aliphatic rings. The van der Waals surface area contributed by atoms with Crippen molar-refractivity contribution in [1.29, 1.82) is 0 Å². The molecule has 2 fully saturated rings. The van der Waals surface area contributed by atoms with Crippen LogP contribution < -0.4 is 9.80 Å². The van der Waals surface area contributed by atoms with Crippen LogP contribution in [0.5, 0.6) is 0 Å². The summed E-state index contributed by atoms with van der Waals surface area (Å²) in [4.78, 5) is 17.1. The molecule has 1 N–H and O–H groups in total. The number of hydrogen-bond donors (Lipinski definition) is 1. The summed E-state index contributed by atoms with van der Waals surface area (Å²) < 4.78 is 12.7. The van der Waals surface area contributed by atoms with E-state index in [2.05, 4.69) is 26.0 Å². The van der Waals surface area contributed by atoms with Crippen LogP contribution >= 0.6 is 0 Å². The van der Waals surface area contributed by atoms with Gasteiger partial charge in [0.15, 0.2) is 6.67 Å². The second kappa shape index (κ2) is 7.49. The van der Waals surface area contributed by atoms with Gasteiger partial charge in [-0.15, -0.1) is 0 Å². The van der Waals surface area contributed by atoms with E-state index >= 15 is 0 Å². The van der Waals surface area contributed by atoms with E-state index in [1.807, 2.05) is 47.4 Å². The molecule has 2 atom stereocenters. The maximum absolute atomic E-state index is 13.7. The first-order valence-corrected chi connectivity index (χ1v) is 11.1. The molecule has 0 saturated carbocycles. The van der Waals surface area contributed by atoms with E-state index in [4.69, 9.17) is 9.47 Å². The maximum atomic E-state index is 13.7. The van der Waals surface area contributed by atoms with E-state index in [-0.39, 0.29) is 11.3 Å². The van der Waals surface area contributed by atoms with E-state index in [0.29, 0.717) is 25.8 Å². The molecule has 0 bridgehead atoms. The van der Waals surface area contributed by atoms with Crippen molar-refractivity contribution in [3.8, 4) is 0 Å². The number of likely N-dealkylation sites (tertiary alicyclic amines) is 1. The zero-order chi connectivity index (χ0) is 20.8. The van der Waals surface area contributed by atoms with Crippen molar-refractivity contribution >= 4 is 11.6 Å². The highest BCUT2D eigenvalue weighted by atomic mass is 16.7. The molecule has 0 aliphatic carbocycles. The number of rotatable bonds is 3.